The van der Waals surface area contributed by atoms with Crippen LogP contribution < -0.4 is 10.6 Å². The van der Waals surface area contributed by atoms with Crippen LogP contribution in [0.25, 0.3) is 0 Å². The summed E-state index contributed by atoms with van der Waals surface area (Å²) in [5.41, 5.74) is 0. The van der Waals surface area contributed by atoms with Crippen molar-refractivity contribution in [2.45, 2.75) is 25.7 Å². The second-order valence-electron chi connectivity index (χ2n) is 7.14. The van der Waals surface area contributed by atoms with Crippen molar-refractivity contribution in [2.75, 3.05) is 65.9 Å². The molecule has 2 heterocycles. The smallest absolute Gasteiger partial charge is 0.211 e. The first-order chi connectivity index (χ1) is 12.5. The lowest BCUT2D eigenvalue weighted by Gasteiger charge is -2.30. The summed E-state index contributed by atoms with van der Waals surface area (Å²) in [5.74, 6) is 1.83. The van der Waals surface area contributed by atoms with Crippen LogP contribution in [0.4, 0.5) is 0 Å². The molecular formula is C17H35IN4O4S. The Bertz CT molecular complexity index is 533. The van der Waals surface area contributed by atoms with Crippen LogP contribution in [0.5, 0.6) is 0 Å². The van der Waals surface area contributed by atoms with Gasteiger partial charge in [-0.25, -0.2) is 12.7 Å². The minimum absolute atomic E-state index is 0. The predicted molar refractivity (Wildman–Crippen MR) is 118 cm³/mol. The number of ether oxygens (including phenoxy) is 2. The first kappa shape index (κ1) is 24.9. The second-order valence-corrected chi connectivity index (χ2v) is 9.13. The van der Waals surface area contributed by atoms with E-state index in [1.54, 1.807) is 11.4 Å². The third-order valence-electron chi connectivity index (χ3n) is 4.96. The van der Waals surface area contributed by atoms with E-state index in [4.69, 9.17) is 9.47 Å². The lowest BCUT2D eigenvalue weighted by molar-refractivity contribution is 0.0888. The first-order valence-electron chi connectivity index (χ1n) is 9.54. The average molecular weight is 518 g/mol. The molecule has 0 radical (unpaired) electrons. The third-order valence-corrected chi connectivity index (χ3v) is 6.26. The van der Waals surface area contributed by atoms with Gasteiger partial charge < -0.3 is 20.1 Å². The highest BCUT2D eigenvalue weighted by Gasteiger charge is 2.24. The second kappa shape index (κ2) is 13.1. The Kier molecular flexibility index (Phi) is 12.1. The fourth-order valence-electron chi connectivity index (χ4n) is 3.25. The molecule has 2 fully saturated rings. The van der Waals surface area contributed by atoms with E-state index < -0.39 is 10.0 Å². The number of piperidine rings is 1. The topological polar surface area (TPSA) is 92.3 Å². The minimum Gasteiger partial charge on any atom is -0.381 e. The van der Waals surface area contributed by atoms with E-state index in [0.29, 0.717) is 24.9 Å². The lowest BCUT2D eigenvalue weighted by Crippen LogP contribution is -2.44. The van der Waals surface area contributed by atoms with Crippen LogP contribution in [0.2, 0.25) is 0 Å². The fraction of sp³-hybridized carbons (Fsp3) is 0.941. The summed E-state index contributed by atoms with van der Waals surface area (Å²) in [6, 6.07) is 0. The molecule has 10 heteroatoms. The zero-order valence-electron chi connectivity index (χ0n) is 16.5. The fourth-order valence-corrected chi connectivity index (χ4v) is 4.13. The van der Waals surface area contributed by atoms with Crippen molar-refractivity contribution in [3.63, 3.8) is 0 Å². The standard InChI is InChI=1S/C17H34N4O4S.HI/c1-18-17(19-7-3-10-24-13-16-6-11-25-14-16)20-12-15-4-8-21(9-5-15)26(2,22)23;/h15-16H,3-14H2,1-2H3,(H2,18,19,20);1H. The largest absolute Gasteiger partial charge is 0.381 e. The molecule has 1 unspecified atom stereocenters. The Labute approximate surface area is 180 Å². The van der Waals surface area contributed by atoms with Crippen molar-refractivity contribution in [2.24, 2.45) is 16.8 Å². The number of guanidine groups is 1. The summed E-state index contributed by atoms with van der Waals surface area (Å²) in [7, 11) is -1.29. The molecule has 160 valence electrons. The van der Waals surface area contributed by atoms with Gasteiger partial charge in [0.2, 0.25) is 10.0 Å². The highest BCUT2D eigenvalue weighted by atomic mass is 127. The highest BCUT2D eigenvalue weighted by molar-refractivity contribution is 14.0. The van der Waals surface area contributed by atoms with E-state index in [1.807, 2.05) is 0 Å². The van der Waals surface area contributed by atoms with Crippen molar-refractivity contribution in [1.82, 2.24) is 14.9 Å². The minimum atomic E-state index is -3.05. The Morgan fingerprint density at radius 1 is 1.22 bits per heavy atom. The molecule has 2 saturated heterocycles. The molecule has 2 aliphatic heterocycles. The summed E-state index contributed by atoms with van der Waals surface area (Å²) in [6.45, 7) is 6.08. The molecule has 0 aromatic rings. The van der Waals surface area contributed by atoms with Gasteiger partial charge in [0.1, 0.15) is 0 Å². The third kappa shape index (κ3) is 9.73. The zero-order valence-corrected chi connectivity index (χ0v) is 19.6. The van der Waals surface area contributed by atoms with Crippen LogP contribution in [0.3, 0.4) is 0 Å². The van der Waals surface area contributed by atoms with Gasteiger partial charge in [0.15, 0.2) is 5.96 Å². The van der Waals surface area contributed by atoms with Gasteiger partial charge in [-0.2, -0.15) is 0 Å². The summed E-state index contributed by atoms with van der Waals surface area (Å²) < 4.78 is 35.7. The number of rotatable bonds is 9. The van der Waals surface area contributed by atoms with Crippen LogP contribution in [0.15, 0.2) is 4.99 Å². The molecular weight excluding hydrogens is 483 g/mol. The van der Waals surface area contributed by atoms with Crippen LogP contribution in [0.1, 0.15) is 25.7 Å². The molecule has 0 amide bonds. The zero-order chi connectivity index (χ0) is 18.8. The number of nitrogens with one attached hydrogen (secondary N) is 2. The van der Waals surface area contributed by atoms with Gasteiger partial charge in [0, 0.05) is 52.4 Å². The van der Waals surface area contributed by atoms with E-state index in [-0.39, 0.29) is 24.0 Å². The van der Waals surface area contributed by atoms with Gasteiger partial charge in [-0.3, -0.25) is 4.99 Å². The summed E-state index contributed by atoms with van der Waals surface area (Å²) in [5, 5.41) is 6.64. The van der Waals surface area contributed by atoms with E-state index in [0.717, 1.165) is 71.2 Å². The molecule has 0 aliphatic carbocycles. The van der Waals surface area contributed by atoms with Crippen molar-refractivity contribution in [1.29, 1.82) is 0 Å². The molecule has 0 aromatic heterocycles. The monoisotopic (exact) mass is 518 g/mol. The van der Waals surface area contributed by atoms with Crippen molar-refractivity contribution in [3.8, 4) is 0 Å². The van der Waals surface area contributed by atoms with E-state index in [2.05, 4.69) is 15.6 Å². The molecule has 27 heavy (non-hydrogen) atoms. The van der Waals surface area contributed by atoms with Crippen LogP contribution in [0, 0.1) is 11.8 Å². The average Bonchev–Trinajstić information content (AvgIpc) is 3.13. The highest BCUT2D eigenvalue weighted by Crippen LogP contribution is 2.18. The summed E-state index contributed by atoms with van der Waals surface area (Å²) in [6.07, 6.45) is 5.09. The Morgan fingerprint density at radius 3 is 2.56 bits per heavy atom. The Morgan fingerprint density at radius 2 is 1.96 bits per heavy atom. The van der Waals surface area contributed by atoms with Gasteiger partial charge in [-0.1, -0.05) is 0 Å². The molecule has 0 bridgehead atoms. The number of aliphatic imine (C=N–C) groups is 1. The maximum absolute atomic E-state index is 11.5. The van der Waals surface area contributed by atoms with Crippen LogP contribution in [-0.4, -0.2) is 84.6 Å². The first-order valence-corrected chi connectivity index (χ1v) is 11.4. The van der Waals surface area contributed by atoms with Gasteiger partial charge >= 0.3 is 0 Å². The van der Waals surface area contributed by atoms with Crippen molar-refractivity contribution < 1.29 is 17.9 Å². The van der Waals surface area contributed by atoms with Gasteiger partial charge in [-0.05, 0) is 31.6 Å². The molecule has 1 atom stereocenters. The quantitative estimate of drug-likeness (QED) is 0.204. The number of hydrogen-bond acceptors (Lipinski definition) is 5. The van der Waals surface area contributed by atoms with Gasteiger partial charge in [0.05, 0.1) is 19.5 Å². The molecule has 8 nitrogen and oxygen atoms in total. The normalized spacial score (nSPS) is 22.4. The molecule has 0 spiro atoms. The van der Waals surface area contributed by atoms with Crippen LogP contribution in [-0.2, 0) is 19.5 Å². The summed E-state index contributed by atoms with van der Waals surface area (Å²) in [4.78, 5) is 4.24. The Hall–Kier alpha value is -0.170. The SMILES string of the molecule is CN=C(NCCCOCC1CCOC1)NCC1CCN(S(C)(=O)=O)CC1.I. The number of hydrogen-bond donors (Lipinski definition) is 2. The summed E-state index contributed by atoms with van der Waals surface area (Å²) >= 11 is 0. The number of sulfonamides is 1. The number of nitrogens with zero attached hydrogens (tertiary/aromatic N) is 2. The van der Waals surface area contributed by atoms with Crippen molar-refractivity contribution in [3.05, 3.63) is 0 Å². The van der Waals surface area contributed by atoms with Gasteiger partial charge in [-0.15, -0.1) is 24.0 Å². The molecule has 2 rings (SSSR count). The molecule has 2 N–H and O–H groups in total. The maximum Gasteiger partial charge on any atom is 0.211 e. The predicted octanol–water partition coefficient (Wildman–Crippen LogP) is 0.884. The maximum atomic E-state index is 11.5. The van der Waals surface area contributed by atoms with Crippen LogP contribution >= 0.6 is 24.0 Å². The Balaban J connectivity index is 0.00000364. The molecule has 0 saturated carbocycles. The van der Waals surface area contributed by atoms with E-state index >= 15 is 0 Å². The van der Waals surface area contributed by atoms with E-state index in [1.165, 1.54) is 6.26 Å². The lowest BCUT2D eigenvalue weighted by atomic mass is 9.98. The van der Waals surface area contributed by atoms with Crippen molar-refractivity contribution >= 4 is 40.0 Å². The molecule has 0 aromatic carbocycles. The number of halogens is 1. The molecule has 2 aliphatic rings. The van der Waals surface area contributed by atoms with E-state index in [9.17, 15) is 8.42 Å². The van der Waals surface area contributed by atoms with Gasteiger partial charge in [0.25, 0.3) is 0 Å².